The molecule has 3 fully saturated rings. The maximum atomic E-state index is 14.1. The van der Waals surface area contributed by atoms with E-state index in [4.69, 9.17) is 11.6 Å². The molecule has 2 atom stereocenters. The molecule has 3 aromatic carbocycles. The average Bonchev–Trinajstić information content (AvgIpc) is 3.76. The highest BCUT2D eigenvalue weighted by Gasteiger charge is 2.62. The zero-order valence-electron chi connectivity index (χ0n) is 24.7. The predicted octanol–water partition coefficient (Wildman–Crippen LogP) is 6.30. The van der Waals surface area contributed by atoms with E-state index in [2.05, 4.69) is 46.2 Å². The number of halogens is 1. The fourth-order valence-corrected chi connectivity index (χ4v) is 7.64. The van der Waals surface area contributed by atoms with E-state index in [0.29, 0.717) is 17.5 Å². The molecule has 1 saturated carbocycles. The Morgan fingerprint density at radius 1 is 0.810 bits per heavy atom. The standard InChI is InChI=1S/C36H42ClN3O2/c1-38(26-28-11-5-2-6-12-28)34(42)36(30-15-17-32(37)18-16-30)25-31(36)27-39-23-19-35(20-24-39,29-13-7-3-8-14-29)33(41)40-21-9-4-10-22-40/h2-3,5-8,11-18,31H,4,9-10,19-27H2,1H3. The number of rotatable bonds is 8. The first-order valence-corrected chi connectivity index (χ1v) is 15.9. The van der Waals surface area contributed by atoms with Crippen molar-refractivity contribution >= 4 is 23.4 Å². The number of likely N-dealkylation sites (tertiary alicyclic amines) is 2. The van der Waals surface area contributed by atoms with Crippen molar-refractivity contribution in [3.63, 3.8) is 0 Å². The molecule has 0 bridgehead atoms. The number of benzene rings is 3. The number of amides is 2. The van der Waals surface area contributed by atoms with Crippen molar-refractivity contribution in [1.29, 1.82) is 0 Å². The van der Waals surface area contributed by atoms with E-state index < -0.39 is 10.8 Å². The van der Waals surface area contributed by atoms with Crippen LogP contribution in [0.25, 0.3) is 0 Å². The first-order valence-electron chi connectivity index (χ1n) is 15.6. The molecule has 3 aromatic rings. The van der Waals surface area contributed by atoms with Gasteiger partial charge in [0, 0.05) is 38.2 Å². The lowest BCUT2D eigenvalue weighted by molar-refractivity contribution is -0.140. The molecule has 3 aliphatic rings. The molecular formula is C36H42ClN3O2. The van der Waals surface area contributed by atoms with Gasteiger partial charge in [0.1, 0.15) is 0 Å². The number of hydrogen-bond acceptors (Lipinski definition) is 3. The number of likely N-dealkylation sites (N-methyl/N-ethyl adjacent to an activating group) is 1. The average molecular weight is 584 g/mol. The fourth-order valence-electron chi connectivity index (χ4n) is 7.52. The van der Waals surface area contributed by atoms with Crippen LogP contribution in [0.4, 0.5) is 0 Å². The summed E-state index contributed by atoms with van der Waals surface area (Å²) in [7, 11) is 1.92. The van der Waals surface area contributed by atoms with E-state index in [9.17, 15) is 9.59 Å². The molecule has 2 unspecified atom stereocenters. The second kappa shape index (κ2) is 12.2. The van der Waals surface area contributed by atoms with E-state index >= 15 is 0 Å². The lowest BCUT2D eigenvalue weighted by Crippen LogP contribution is -2.54. The molecule has 6 heteroatoms. The van der Waals surface area contributed by atoms with Gasteiger partial charge in [0.05, 0.1) is 10.8 Å². The van der Waals surface area contributed by atoms with Crippen molar-refractivity contribution in [2.45, 2.75) is 55.9 Å². The van der Waals surface area contributed by atoms with Gasteiger partial charge in [0.25, 0.3) is 0 Å². The third-order valence-electron chi connectivity index (χ3n) is 10.0. The maximum Gasteiger partial charge on any atom is 0.233 e. The molecule has 0 aromatic heterocycles. The first kappa shape index (κ1) is 28.9. The van der Waals surface area contributed by atoms with Crippen LogP contribution in [0.15, 0.2) is 84.9 Å². The molecule has 0 spiro atoms. The van der Waals surface area contributed by atoms with Gasteiger partial charge in [-0.25, -0.2) is 0 Å². The van der Waals surface area contributed by atoms with Crippen LogP contribution >= 0.6 is 11.6 Å². The minimum Gasteiger partial charge on any atom is -0.342 e. The Morgan fingerprint density at radius 3 is 2.07 bits per heavy atom. The predicted molar refractivity (Wildman–Crippen MR) is 168 cm³/mol. The van der Waals surface area contributed by atoms with Crippen LogP contribution in [0.2, 0.25) is 5.02 Å². The van der Waals surface area contributed by atoms with Gasteiger partial charge in [-0.05, 0) is 86.4 Å². The Bertz CT molecular complexity index is 1370. The van der Waals surface area contributed by atoms with Gasteiger partial charge in [-0.1, -0.05) is 84.4 Å². The van der Waals surface area contributed by atoms with Gasteiger partial charge < -0.3 is 14.7 Å². The lowest BCUT2D eigenvalue weighted by atomic mass is 9.71. The first-order chi connectivity index (χ1) is 20.4. The van der Waals surface area contributed by atoms with E-state index in [0.717, 1.165) is 81.5 Å². The number of carbonyl (C=O) groups is 2. The number of hydrogen-bond donors (Lipinski definition) is 0. The van der Waals surface area contributed by atoms with Crippen molar-refractivity contribution in [3.05, 3.63) is 107 Å². The van der Waals surface area contributed by atoms with Crippen molar-refractivity contribution < 1.29 is 9.59 Å². The molecular weight excluding hydrogens is 542 g/mol. The summed E-state index contributed by atoms with van der Waals surface area (Å²) >= 11 is 6.25. The largest absolute Gasteiger partial charge is 0.342 e. The fraction of sp³-hybridized carbons (Fsp3) is 0.444. The Balaban J connectivity index is 1.19. The normalized spacial score (nSPS) is 23.8. The van der Waals surface area contributed by atoms with Gasteiger partial charge in [-0.2, -0.15) is 0 Å². The van der Waals surface area contributed by atoms with Crippen LogP contribution in [0.5, 0.6) is 0 Å². The Morgan fingerprint density at radius 2 is 1.43 bits per heavy atom. The van der Waals surface area contributed by atoms with Crippen LogP contribution in [0, 0.1) is 5.92 Å². The van der Waals surface area contributed by atoms with Crippen LogP contribution < -0.4 is 0 Å². The molecule has 5 nitrogen and oxygen atoms in total. The van der Waals surface area contributed by atoms with Gasteiger partial charge >= 0.3 is 0 Å². The molecule has 2 saturated heterocycles. The van der Waals surface area contributed by atoms with E-state index in [-0.39, 0.29) is 11.8 Å². The summed E-state index contributed by atoms with van der Waals surface area (Å²) in [6, 6.07) is 28.5. The lowest BCUT2D eigenvalue weighted by Gasteiger charge is -2.44. The molecule has 0 N–H and O–H groups in total. The topological polar surface area (TPSA) is 43.9 Å². The third kappa shape index (κ3) is 5.61. The summed E-state index contributed by atoms with van der Waals surface area (Å²) in [6.07, 6.45) is 5.88. The summed E-state index contributed by atoms with van der Waals surface area (Å²) < 4.78 is 0. The summed E-state index contributed by atoms with van der Waals surface area (Å²) in [5.41, 5.74) is 2.34. The maximum absolute atomic E-state index is 14.1. The third-order valence-corrected chi connectivity index (χ3v) is 10.3. The molecule has 42 heavy (non-hydrogen) atoms. The monoisotopic (exact) mass is 583 g/mol. The number of piperidine rings is 2. The van der Waals surface area contributed by atoms with Gasteiger partial charge in [-0.3, -0.25) is 9.59 Å². The van der Waals surface area contributed by atoms with Crippen LogP contribution in [-0.4, -0.2) is 66.3 Å². The summed E-state index contributed by atoms with van der Waals surface area (Å²) in [4.78, 5) is 34.7. The van der Waals surface area contributed by atoms with Crippen molar-refractivity contribution in [2.24, 2.45) is 5.92 Å². The highest BCUT2D eigenvalue weighted by molar-refractivity contribution is 6.30. The molecule has 220 valence electrons. The van der Waals surface area contributed by atoms with Crippen LogP contribution in [0.1, 0.15) is 55.2 Å². The summed E-state index contributed by atoms with van der Waals surface area (Å²) in [5.74, 6) is 0.716. The van der Waals surface area contributed by atoms with Crippen molar-refractivity contribution in [3.8, 4) is 0 Å². The SMILES string of the molecule is CN(Cc1ccccc1)C(=O)C1(c2ccc(Cl)cc2)CC1CN1CCC(C(=O)N2CCCCC2)(c2ccccc2)CC1. The highest BCUT2D eigenvalue weighted by atomic mass is 35.5. The second-order valence-electron chi connectivity index (χ2n) is 12.6. The Hall–Kier alpha value is -3.15. The molecule has 6 rings (SSSR count). The Labute approximate surface area is 255 Å². The second-order valence-corrected chi connectivity index (χ2v) is 13.1. The zero-order valence-corrected chi connectivity index (χ0v) is 25.4. The van der Waals surface area contributed by atoms with Crippen molar-refractivity contribution in [1.82, 2.24) is 14.7 Å². The minimum atomic E-state index is -0.536. The summed E-state index contributed by atoms with van der Waals surface area (Å²) in [6.45, 7) is 4.91. The number of nitrogens with zero attached hydrogens (tertiary/aromatic N) is 3. The van der Waals surface area contributed by atoms with E-state index in [1.807, 2.05) is 60.5 Å². The van der Waals surface area contributed by atoms with Gasteiger partial charge in [0.15, 0.2) is 0 Å². The summed E-state index contributed by atoms with van der Waals surface area (Å²) in [5, 5.41) is 0.683. The molecule has 2 aliphatic heterocycles. The molecule has 2 amide bonds. The molecule has 1 aliphatic carbocycles. The minimum absolute atomic E-state index is 0.176. The van der Waals surface area contributed by atoms with Crippen LogP contribution in [-0.2, 0) is 27.0 Å². The van der Waals surface area contributed by atoms with Gasteiger partial charge in [0.2, 0.25) is 11.8 Å². The zero-order chi connectivity index (χ0) is 29.2. The molecule has 2 heterocycles. The Kier molecular flexibility index (Phi) is 8.42. The van der Waals surface area contributed by atoms with E-state index in [1.165, 1.54) is 6.42 Å². The molecule has 0 radical (unpaired) electrons. The van der Waals surface area contributed by atoms with Gasteiger partial charge in [-0.15, -0.1) is 0 Å². The quantitative estimate of drug-likeness (QED) is 0.312. The van der Waals surface area contributed by atoms with Crippen molar-refractivity contribution in [2.75, 3.05) is 39.8 Å². The number of carbonyl (C=O) groups excluding carboxylic acids is 2. The van der Waals surface area contributed by atoms with Crippen LogP contribution in [0.3, 0.4) is 0 Å². The van der Waals surface area contributed by atoms with E-state index in [1.54, 1.807) is 0 Å². The smallest absolute Gasteiger partial charge is 0.233 e. The highest BCUT2D eigenvalue weighted by Crippen LogP contribution is 2.56.